The number of methoxy groups -OCH3 is 1. The molecule has 1 aliphatic rings. The van der Waals surface area contributed by atoms with Crippen molar-refractivity contribution >= 4 is 23.2 Å². The summed E-state index contributed by atoms with van der Waals surface area (Å²) in [5.74, 6) is -1.37. The highest BCUT2D eigenvalue weighted by atomic mass is 19.1. The van der Waals surface area contributed by atoms with Gasteiger partial charge in [-0.15, -0.1) is 0 Å². The van der Waals surface area contributed by atoms with Crippen LogP contribution in [0.3, 0.4) is 0 Å². The fourth-order valence-corrected chi connectivity index (χ4v) is 2.29. The molecule has 0 saturated carbocycles. The number of amides is 2. The summed E-state index contributed by atoms with van der Waals surface area (Å²) in [6.45, 7) is 1.81. The van der Waals surface area contributed by atoms with Crippen LogP contribution >= 0.6 is 0 Å². The molecule has 1 heterocycles. The predicted molar refractivity (Wildman–Crippen MR) is 71.9 cm³/mol. The van der Waals surface area contributed by atoms with Crippen molar-refractivity contribution in [3.8, 4) is 5.75 Å². The number of hydrogen-bond acceptors (Lipinski definition) is 5. The molecule has 1 unspecified atom stereocenters. The first-order chi connectivity index (χ1) is 9.47. The van der Waals surface area contributed by atoms with Crippen LogP contribution in [0.5, 0.6) is 5.75 Å². The Labute approximate surface area is 115 Å². The first-order valence-corrected chi connectivity index (χ1v) is 6.21. The highest BCUT2D eigenvalue weighted by Gasteiger charge is 2.33. The summed E-state index contributed by atoms with van der Waals surface area (Å²) in [6.07, 6.45) is 0.498. The van der Waals surface area contributed by atoms with E-state index in [4.69, 9.17) is 10.5 Å². The molecule has 108 valence electrons. The maximum absolute atomic E-state index is 13.6. The number of nitrogens with zero attached hydrogens (tertiary/aromatic N) is 1. The Hall–Kier alpha value is -2.31. The molecular formula is C13H16FN3O3. The zero-order valence-electron chi connectivity index (χ0n) is 11.3. The average molecular weight is 281 g/mol. The van der Waals surface area contributed by atoms with Crippen molar-refractivity contribution in [1.29, 1.82) is 0 Å². The summed E-state index contributed by atoms with van der Waals surface area (Å²) in [5.41, 5.74) is 6.38. The lowest BCUT2D eigenvalue weighted by Gasteiger charge is -2.36. The van der Waals surface area contributed by atoms with Crippen LogP contribution in [0.1, 0.15) is 13.3 Å². The van der Waals surface area contributed by atoms with Crippen LogP contribution in [0.2, 0.25) is 0 Å². The summed E-state index contributed by atoms with van der Waals surface area (Å²) < 4.78 is 18.5. The minimum absolute atomic E-state index is 0.0107. The van der Waals surface area contributed by atoms with E-state index in [9.17, 15) is 14.0 Å². The number of piperazine rings is 1. The first kappa shape index (κ1) is 14.1. The Bertz CT molecular complexity index is 562. The number of halogens is 1. The zero-order chi connectivity index (χ0) is 14.9. The molecule has 1 aliphatic heterocycles. The number of imide groups is 1. The second-order valence-electron chi connectivity index (χ2n) is 4.51. The molecule has 2 rings (SSSR count). The summed E-state index contributed by atoms with van der Waals surface area (Å²) in [7, 11) is 1.34. The molecule has 6 nitrogen and oxygen atoms in total. The van der Waals surface area contributed by atoms with Gasteiger partial charge in [-0.2, -0.15) is 0 Å². The lowest BCUT2D eigenvalue weighted by Crippen LogP contribution is -2.58. The summed E-state index contributed by atoms with van der Waals surface area (Å²) in [6, 6.07) is 2.00. The third kappa shape index (κ3) is 2.38. The van der Waals surface area contributed by atoms with E-state index in [1.54, 1.807) is 4.90 Å². The van der Waals surface area contributed by atoms with Crippen LogP contribution in [0.15, 0.2) is 12.1 Å². The summed E-state index contributed by atoms with van der Waals surface area (Å²) in [4.78, 5) is 24.9. The van der Waals surface area contributed by atoms with Crippen LogP contribution in [0.4, 0.5) is 15.8 Å². The topological polar surface area (TPSA) is 84.7 Å². The molecule has 1 fully saturated rings. The number of benzene rings is 1. The Morgan fingerprint density at radius 2 is 2.20 bits per heavy atom. The van der Waals surface area contributed by atoms with E-state index in [0.717, 1.165) is 6.07 Å². The van der Waals surface area contributed by atoms with Gasteiger partial charge in [-0.1, -0.05) is 6.92 Å². The van der Waals surface area contributed by atoms with Crippen molar-refractivity contribution in [1.82, 2.24) is 5.32 Å². The minimum atomic E-state index is -0.588. The normalized spacial score (nSPS) is 18.9. The molecule has 1 aromatic rings. The van der Waals surface area contributed by atoms with Gasteiger partial charge in [0.15, 0.2) is 11.6 Å². The fraction of sp³-hybridized carbons (Fsp3) is 0.385. The molecule has 7 heteroatoms. The van der Waals surface area contributed by atoms with Crippen molar-refractivity contribution in [3.63, 3.8) is 0 Å². The number of rotatable bonds is 3. The standard InChI is InChI=1S/C13H16FN3O3/c1-3-9-13(19)16-12(18)6-17(9)10-5-11(20-2)7(14)4-8(10)15/h4-5,9H,3,6,15H2,1-2H3,(H,16,18,19). The van der Waals surface area contributed by atoms with Crippen molar-refractivity contribution < 1.29 is 18.7 Å². The average Bonchev–Trinajstić information content (AvgIpc) is 2.38. The molecule has 0 spiro atoms. The van der Waals surface area contributed by atoms with Gasteiger partial charge in [0.05, 0.1) is 25.0 Å². The van der Waals surface area contributed by atoms with E-state index in [1.807, 2.05) is 6.92 Å². The third-order valence-corrected chi connectivity index (χ3v) is 3.25. The minimum Gasteiger partial charge on any atom is -0.494 e. The van der Waals surface area contributed by atoms with Crippen molar-refractivity contribution in [3.05, 3.63) is 17.9 Å². The summed E-state index contributed by atoms with van der Waals surface area (Å²) in [5, 5.41) is 2.27. The van der Waals surface area contributed by atoms with Gasteiger partial charge in [-0.05, 0) is 6.42 Å². The monoisotopic (exact) mass is 281 g/mol. The van der Waals surface area contributed by atoms with Crippen LogP contribution < -0.4 is 20.7 Å². The van der Waals surface area contributed by atoms with Gasteiger partial charge in [0.1, 0.15) is 6.04 Å². The Kier molecular flexibility index (Phi) is 3.78. The lowest BCUT2D eigenvalue weighted by atomic mass is 10.1. The second kappa shape index (κ2) is 5.36. The molecule has 0 radical (unpaired) electrons. The number of nitrogen functional groups attached to an aromatic ring is 1. The molecular weight excluding hydrogens is 265 g/mol. The number of ether oxygens (including phenoxy) is 1. The van der Waals surface area contributed by atoms with E-state index >= 15 is 0 Å². The van der Waals surface area contributed by atoms with Gasteiger partial charge in [-0.3, -0.25) is 14.9 Å². The largest absolute Gasteiger partial charge is 0.494 e. The van der Waals surface area contributed by atoms with Gasteiger partial charge in [0.25, 0.3) is 0 Å². The van der Waals surface area contributed by atoms with Crippen molar-refractivity contribution in [2.45, 2.75) is 19.4 Å². The Morgan fingerprint density at radius 1 is 1.50 bits per heavy atom. The molecule has 0 bridgehead atoms. The highest BCUT2D eigenvalue weighted by molar-refractivity contribution is 6.05. The smallest absolute Gasteiger partial charge is 0.249 e. The van der Waals surface area contributed by atoms with E-state index in [1.165, 1.54) is 13.2 Å². The van der Waals surface area contributed by atoms with Gasteiger partial charge in [-0.25, -0.2) is 4.39 Å². The molecule has 20 heavy (non-hydrogen) atoms. The van der Waals surface area contributed by atoms with E-state index in [-0.39, 0.29) is 23.9 Å². The maximum Gasteiger partial charge on any atom is 0.249 e. The number of carbonyl (C=O) groups is 2. The fourth-order valence-electron chi connectivity index (χ4n) is 2.29. The van der Waals surface area contributed by atoms with Crippen LogP contribution in [0.25, 0.3) is 0 Å². The predicted octanol–water partition coefficient (Wildman–Crippen LogP) is 0.658. The van der Waals surface area contributed by atoms with Crippen molar-refractivity contribution in [2.75, 3.05) is 24.3 Å². The Balaban J connectivity index is 2.47. The third-order valence-electron chi connectivity index (χ3n) is 3.25. The van der Waals surface area contributed by atoms with Crippen LogP contribution in [-0.4, -0.2) is 31.5 Å². The molecule has 1 aromatic carbocycles. The number of anilines is 2. The number of carbonyl (C=O) groups excluding carboxylic acids is 2. The molecule has 1 saturated heterocycles. The number of hydrogen-bond donors (Lipinski definition) is 2. The SMILES string of the molecule is CCC1C(=O)NC(=O)CN1c1cc(OC)c(F)cc1N. The second-order valence-corrected chi connectivity index (χ2v) is 4.51. The summed E-state index contributed by atoms with van der Waals surface area (Å²) >= 11 is 0. The molecule has 1 atom stereocenters. The van der Waals surface area contributed by atoms with Crippen LogP contribution in [0, 0.1) is 5.82 Å². The van der Waals surface area contributed by atoms with Gasteiger partial charge in [0, 0.05) is 12.1 Å². The van der Waals surface area contributed by atoms with Gasteiger partial charge >= 0.3 is 0 Å². The molecule has 0 aromatic heterocycles. The lowest BCUT2D eigenvalue weighted by molar-refractivity contribution is -0.132. The van der Waals surface area contributed by atoms with E-state index in [0.29, 0.717) is 12.1 Å². The molecule has 0 aliphatic carbocycles. The number of nitrogens with two attached hydrogens (primary N) is 1. The molecule has 2 amide bonds. The van der Waals surface area contributed by atoms with Crippen LogP contribution in [-0.2, 0) is 9.59 Å². The highest BCUT2D eigenvalue weighted by Crippen LogP contribution is 2.33. The van der Waals surface area contributed by atoms with Crippen molar-refractivity contribution in [2.24, 2.45) is 0 Å². The maximum atomic E-state index is 13.6. The first-order valence-electron chi connectivity index (χ1n) is 6.21. The Morgan fingerprint density at radius 3 is 2.80 bits per heavy atom. The van der Waals surface area contributed by atoms with Gasteiger partial charge < -0.3 is 15.4 Å². The van der Waals surface area contributed by atoms with E-state index in [2.05, 4.69) is 5.32 Å². The van der Waals surface area contributed by atoms with Gasteiger partial charge in [0.2, 0.25) is 11.8 Å². The quantitative estimate of drug-likeness (QED) is 0.628. The van der Waals surface area contributed by atoms with E-state index < -0.39 is 17.8 Å². The number of nitrogens with one attached hydrogen (secondary N) is 1. The molecule has 3 N–H and O–H groups in total. The zero-order valence-corrected chi connectivity index (χ0v) is 11.3.